The van der Waals surface area contributed by atoms with Crippen LogP contribution in [0.2, 0.25) is 5.02 Å². The van der Waals surface area contributed by atoms with E-state index in [0.717, 1.165) is 0 Å². The van der Waals surface area contributed by atoms with Crippen molar-refractivity contribution < 1.29 is 9.84 Å². The summed E-state index contributed by atoms with van der Waals surface area (Å²) >= 11 is 11.3. The highest BCUT2D eigenvalue weighted by atomic mass is 35.5. The average Bonchev–Trinajstić information content (AvgIpc) is 2.18. The SMILES string of the molecule is COc1ccc(NC(O)CCl)cc1Cl. The molecule has 1 unspecified atom stereocenters. The average molecular weight is 236 g/mol. The van der Waals surface area contributed by atoms with E-state index in [4.69, 9.17) is 27.9 Å². The monoisotopic (exact) mass is 235 g/mol. The molecule has 0 spiro atoms. The van der Waals surface area contributed by atoms with E-state index in [2.05, 4.69) is 5.32 Å². The Balaban J connectivity index is 2.76. The number of halogens is 2. The molecule has 78 valence electrons. The minimum absolute atomic E-state index is 0.115. The molecule has 0 aliphatic heterocycles. The molecule has 0 bridgehead atoms. The summed E-state index contributed by atoms with van der Waals surface area (Å²) in [4.78, 5) is 0. The summed E-state index contributed by atoms with van der Waals surface area (Å²) < 4.78 is 4.98. The number of anilines is 1. The Bertz CT molecular complexity index is 307. The molecule has 1 atom stereocenters. The van der Waals surface area contributed by atoms with E-state index >= 15 is 0 Å². The first-order chi connectivity index (χ1) is 6.67. The van der Waals surface area contributed by atoms with E-state index in [1.807, 2.05) is 0 Å². The normalized spacial score (nSPS) is 12.3. The number of nitrogens with one attached hydrogen (secondary N) is 1. The standard InChI is InChI=1S/C9H11Cl2NO2/c1-14-8-3-2-6(4-7(8)11)12-9(13)5-10/h2-4,9,12-13H,5H2,1H3. The Morgan fingerprint density at radius 2 is 2.29 bits per heavy atom. The second-order valence-electron chi connectivity index (χ2n) is 2.66. The molecule has 3 nitrogen and oxygen atoms in total. The van der Waals surface area contributed by atoms with Gasteiger partial charge >= 0.3 is 0 Å². The second kappa shape index (κ2) is 5.29. The van der Waals surface area contributed by atoms with Crippen LogP contribution in [0.15, 0.2) is 18.2 Å². The highest BCUT2D eigenvalue weighted by molar-refractivity contribution is 6.32. The summed E-state index contributed by atoms with van der Waals surface area (Å²) in [5.74, 6) is 0.710. The summed E-state index contributed by atoms with van der Waals surface area (Å²) in [6.07, 6.45) is -0.777. The van der Waals surface area contributed by atoms with Gasteiger partial charge in [0, 0.05) is 5.69 Å². The van der Waals surface area contributed by atoms with Gasteiger partial charge in [-0.15, -0.1) is 11.6 Å². The van der Waals surface area contributed by atoms with Crippen LogP contribution in [0, 0.1) is 0 Å². The fourth-order valence-electron chi connectivity index (χ4n) is 0.987. The zero-order chi connectivity index (χ0) is 10.6. The van der Waals surface area contributed by atoms with Crippen LogP contribution in [0.3, 0.4) is 0 Å². The van der Waals surface area contributed by atoms with Gasteiger partial charge in [0.15, 0.2) is 0 Å². The van der Waals surface area contributed by atoms with Crippen LogP contribution in [-0.4, -0.2) is 24.3 Å². The molecule has 0 aliphatic rings. The molecule has 0 amide bonds. The van der Waals surface area contributed by atoms with E-state index < -0.39 is 6.23 Å². The van der Waals surface area contributed by atoms with Crippen molar-refractivity contribution in [3.05, 3.63) is 23.2 Å². The number of aliphatic hydroxyl groups excluding tert-OH is 1. The molecule has 1 aromatic rings. The van der Waals surface area contributed by atoms with Gasteiger partial charge in [0.2, 0.25) is 0 Å². The van der Waals surface area contributed by atoms with Crippen LogP contribution in [0.25, 0.3) is 0 Å². The lowest BCUT2D eigenvalue weighted by Crippen LogP contribution is -2.19. The topological polar surface area (TPSA) is 41.5 Å². The fourth-order valence-corrected chi connectivity index (χ4v) is 1.32. The number of benzene rings is 1. The Morgan fingerprint density at radius 3 is 2.79 bits per heavy atom. The van der Waals surface area contributed by atoms with Crippen LogP contribution in [0.1, 0.15) is 0 Å². The molecule has 0 aliphatic carbocycles. The molecule has 0 aromatic heterocycles. The Hall–Kier alpha value is -0.640. The number of ether oxygens (including phenoxy) is 1. The lowest BCUT2D eigenvalue weighted by molar-refractivity contribution is 0.227. The lowest BCUT2D eigenvalue weighted by atomic mass is 10.3. The molecule has 1 aromatic carbocycles. The number of methoxy groups -OCH3 is 1. The van der Waals surface area contributed by atoms with Gasteiger partial charge in [-0.2, -0.15) is 0 Å². The number of hydrogen-bond acceptors (Lipinski definition) is 3. The minimum Gasteiger partial charge on any atom is -0.495 e. The van der Waals surface area contributed by atoms with Gasteiger partial charge in [-0.3, -0.25) is 0 Å². The van der Waals surface area contributed by atoms with E-state index in [-0.39, 0.29) is 5.88 Å². The number of rotatable bonds is 4. The van der Waals surface area contributed by atoms with Crippen LogP contribution < -0.4 is 10.1 Å². The molecule has 1 rings (SSSR count). The molecule has 5 heteroatoms. The fraction of sp³-hybridized carbons (Fsp3) is 0.333. The van der Waals surface area contributed by atoms with Crippen LogP contribution in [0.4, 0.5) is 5.69 Å². The van der Waals surface area contributed by atoms with Gasteiger partial charge in [0.05, 0.1) is 18.0 Å². The highest BCUT2D eigenvalue weighted by Crippen LogP contribution is 2.27. The summed E-state index contributed by atoms with van der Waals surface area (Å²) in [7, 11) is 1.54. The molecule has 14 heavy (non-hydrogen) atoms. The molecule has 0 saturated heterocycles. The largest absolute Gasteiger partial charge is 0.495 e. The molecular weight excluding hydrogens is 225 g/mol. The summed E-state index contributed by atoms with van der Waals surface area (Å²) in [5.41, 5.74) is 0.698. The number of aliphatic hydroxyl groups is 1. The third kappa shape index (κ3) is 2.94. The van der Waals surface area contributed by atoms with Crippen LogP contribution in [-0.2, 0) is 0 Å². The maximum atomic E-state index is 9.21. The Kier molecular flexibility index (Phi) is 4.32. The van der Waals surface area contributed by atoms with Crippen molar-refractivity contribution >= 4 is 28.9 Å². The third-order valence-electron chi connectivity index (χ3n) is 1.63. The van der Waals surface area contributed by atoms with E-state index in [1.165, 1.54) is 0 Å². The minimum atomic E-state index is -0.777. The molecule has 0 saturated carbocycles. The second-order valence-corrected chi connectivity index (χ2v) is 3.38. The van der Waals surface area contributed by atoms with Crippen molar-refractivity contribution in [1.82, 2.24) is 0 Å². The third-order valence-corrected chi connectivity index (χ3v) is 2.22. The van der Waals surface area contributed by atoms with Crippen molar-refractivity contribution in [2.45, 2.75) is 6.23 Å². The summed E-state index contributed by atoms with van der Waals surface area (Å²) in [6, 6.07) is 5.13. The maximum Gasteiger partial charge on any atom is 0.138 e. The van der Waals surface area contributed by atoms with Crippen molar-refractivity contribution in [3.63, 3.8) is 0 Å². The molecular formula is C9H11Cl2NO2. The van der Waals surface area contributed by atoms with Gasteiger partial charge in [0.1, 0.15) is 12.0 Å². The van der Waals surface area contributed by atoms with Gasteiger partial charge in [-0.05, 0) is 18.2 Å². The lowest BCUT2D eigenvalue weighted by Gasteiger charge is -2.12. The first kappa shape index (κ1) is 11.4. The van der Waals surface area contributed by atoms with Gasteiger partial charge < -0.3 is 15.2 Å². The number of hydrogen-bond donors (Lipinski definition) is 2. The predicted molar refractivity (Wildman–Crippen MR) is 58.4 cm³/mol. The highest BCUT2D eigenvalue weighted by Gasteiger charge is 2.04. The molecule has 2 N–H and O–H groups in total. The summed E-state index contributed by atoms with van der Waals surface area (Å²) in [6.45, 7) is 0. The van der Waals surface area contributed by atoms with Crippen molar-refractivity contribution in [2.75, 3.05) is 18.3 Å². The Labute approximate surface area is 92.6 Å². The first-order valence-corrected chi connectivity index (χ1v) is 4.92. The zero-order valence-corrected chi connectivity index (χ0v) is 9.14. The van der Waals surface area contributed by atoms with E-state index in [0.29, 0.717) is 16.5 Å². The molecule has 0 radical (unpaired) electrons. The first-order valence-electron chi connectivity index (χ1n) is 4.01. The Morgan fingerprint density at radius 1 is 1.57 bits per heavy atom. The van der Waals surface area contributed by atoms with Crippen LogP contribution in [0.5, 0.6) is 5.75 Å². The number of alkyl halides is 1. The molecule has 0 fully saturated rings. The smallest absolute Gasteiger partial charge is 0.138 e. The van der Waals surface area contributed by atoms with Gasteiger partial charge in [-0.1, -0.05) is 11.6 Å². The van der Waals surface area contributed by atoms with E-state index in [9.17, 15) is 5.11 Å². The molecule has 0 heterocycles. The van der Waals surface area contributed by atoms with Crippen molar-refractivity contribution in [1.29, 1.82) is 0 Å². The van der Waals surface area contributed by atoms with Crippen LogP contribution >= 0.6 is 23.2 Å². The quantitative estimate of drug-likeness (QED) is 0.622. The summed E-state index contributed by atoms with van der Waals surface area (Å²) in [5, 5.41) is 12.5. The zero-order valence-electron chi connectivity index (χ0n) is 7.63. The van der Waals surface area contributed by atoms with Crippen molar-refractivity contribution in [3.8, 4) is 5.75 Å². The van der Waals surface area contributed by atoms with Gasteiger partial charge in [0.25, 0.3) is 0 Å². The maximum absolute atomic E-state index is 9.21. The predicted octanol–water partition coefficient (Wildman–Crippen LogP) is 2.32. The van der Waals surface area contributed by atoms with E-state index in [1.54, 1.807) is 25.3 Å². The van der Waals surface area contributed by atoms with Gasteiger partial charge in [-0.25, -0.2) is 0 Å². The van der Waals surface area contributed by atoms with Crippen molar-refractivity contribution in [2.24, 2.45) is 0 Å².